The molecule has 1 saturated heterocycles. The van der Waals surface area contributed by atoms with Gasteiger partial charge in [0.1, 0.15) is 5.82 Å². The van der Waals surface area contributed by atoms with E-state index in [1.165, 1.54) is 6.07 Å². The third kappa shape index (κ3) is 4.49. The van der Waals surface area contributed by atoms with Crippen molar-refractivity contribution >= 4 is 21.8 Å². The van der Waals surface area contributed by atoms with Crippen LogP contribution in [0.15, 0.2) is 22.7 Å². The molecule has 0 aromatic heterocycles. The Labute approximate surface area is 133 Å². The summed E-state index contributed by atoms with van der Waals surface area (Å²) in [6.45, 7) is 5.18. The molecule has 0 atom stereocenters. The van der Waals surface area contributed by atoms with Crippen molar-refractivity contribution in [1.29, 1.82) is 0 Å². The first-order chi connectivity index (χ1) is 9.97. The van der Waals surface area contributed by atoms with Gasteiger partial charge in [0.2, 0.25) is 0 Å². The number of amides is 1. The van der Waals surface area contributed by atoms with E-state index in [0.29, 0.717) is 23.1 Å². The second-order valence-electron chi connectivity index (χ2n) is 5.57. The Morgan fingerprint density at radius 2 is 1.95 bits per heavy atom. The molecule has 1 aliphatic rings. The zero-order valence-electron chi connectivity index (χ0n) is 12.5. The number of halogens is 2. The van der Waals surface area contributed by atoms with Gasteiger partial charge in [0, 0.05) is 44.8 Å². The highest BCUT2D eigenvalue weighted by Gasteiger charge is 2.22. The molecule has 1 aliphatic heterocycles. The van der Waals surface area contributed by atoms with E-state index in [4.69, 9.17) is 0 Å². The van der Waals surface area contributed by atoms with Gasteiger partial charge in [0.25, 0.3) is 5.91 Å². The molecule has 0 N–H and O–H groups in total. The van der Waals surface area contributed by atoms with E-state index >= 15 is 0 Å². The number of carbonyl (C=O) groups is 1. The van der Waals surface area contributed by atoms with E-state index in [9.17, 15) is 9.18 Å². The largest absolute Gasteiger partial charge is 0.336 e. The van der Waals surface area contributed by atoms with Gasteiger partial charge in [-0.25, -0.2) is 4.39 Å². The molecule has 6 heteroatoms. The van der Waals surface area contributed by atoms with Crippen LogP contribution in [-0.2, 0) is 0 Å². The van der Waals surface area contributed by atoms with Crippen molar-refractivity contribution in [3.63, 3.8) is 0 Å². The SMILES string of the molecule is CN(C)CCN1CCN(C(=O)c2ccc(Br)c(F)c2)CC1. The van der Waals surface area contributed by atoms with Crippen molar-refractivity contribution in [2.75, 3.05) is 53.4 Å². The number of carbonyl (C=O) groups excluding carboxylic acids is 1. The highest BCUT2D eigenvalue weighted by molar-refractivity contribution is 9.10. The maximum absolute atomic E-state index is 13.5. The Bertz CT molecular complexity index is 502. The lowest BCUT2D eigenvalue weighted by Crippen LogP contribution is -2.50. The molecule has 0 radical (unpaired) electrons. The number of piperazine rings is 1. The summed E-state index contributed by atoms with van der Waals surface area (Å²) >= 11 is 3.10. The fourth-order valence-electron chi connectivity index (χ4n) is 2.33. The van der Waals surface area contributed by atoms with E-state index in [1.807, 2.05) is 0 Å². The van der Waals surface area contributed by atoms with Gasteiger partial charge >= 0.3 is 0 Å². The summed E-state index contributed by atoms with van der Waals surface area (Å²) in [4.78, 5) is 18.7. The molecular weight excluding hydrogens is 337 g/mol. The van der Waals surface area contributed by atoms with Gasteiger partial charge in [0.05, 0.1) is 4.47 Å². The zero-order valence-corrected chi connectivity index (χ0v) is 14.1. The van der Waals surface area contributed by atoms with Gasteiger partial charge in [-0.05, 0) is 48.2 Å². The minimum atomic E-state index is -0.398. The van der Waals surface area contributed by atoms with Crippen LogP contribution in [0.5, 0.6) is 0 Å². The summed E-state index contributed by atoms with van der Waals surface area (Å²) in [5.41, 5.74) is 0.414. The standard InChI is InChI=1S/C15H21BrFN3O/c1-18(2)5-6-19-7-9-20(10-8-19)15(21)12-3-4-13(16)14(17)11-12/h3-4,11H,5-10H2,1-2H3. The average Bonchev–Trinajstić information content (AvgIpc) is 2.48. The van der Waals surface area contributed by atoms with Crippen molar-refractivity contribution < 1.29 is 9.18 Å². The van der Waals surface area contributed by atoms with E-state index in [1.54, 1.807) is 17.0 Å². The number of hydrogen-bond donors (Lipinski definition) is 0. The molecule has 4 nitrogen and oxygen atoms in total. The predicted octanol–water partition coefficient (Wildman–Crippen LogP) is 1.91. The fourth-order valence-corrected chi connectivity index (χ4v) is 2.57. The Morgan fingerprint density at radius 1 is 1.29 bits per heavy atom. The summed E-state index contributed by atoms with van der Waals surface area (Å²) in [7, 11) is 4.11. The van der Waals surface area contributed by atoms with E-state index in [-0.39, 0.29) is 5.91 Å². The number of likely N-dealkylation sites (N-methyl/N-ethyl adjacent to an activating group) is 1. The van der Waals surface area contributed by atoms with Crippen LogP contribution in [0.25, 0.3) is 0 Å². The van der Waals surface area contributed by atoms with Crippen molar-refractivity contribution in [2.45, 2.75) is 0 Å². The molecular formula is C15H21BrFN3O. The zero-order chi connectivity index (χ0) is 15.4. The van der Waals surface area contributed by atoms with Crippen molar-refractivity contribution in [2.24, 2.45) is 0 Å². The minimum absolute atomic E-state index is 0.0892. The fraction of sp³-hybridized carbons (Fsp3) is 0.533. The van der Waals surface area contributed by atoms with Crippen LogP contribution in [0.4, 0.5) is 4.39 Å². The number of rotatable bonds is 4. The maximum atomic E-state index is 13.5. The van der Waals surface area contributed by atoms with Gasteiger partial charge < -0.3 is 9.80 Å². The molecule has 0 saturated carbocycles. The van der Waals surface area contributed by atoms with Gasteiger partial charge in [-0.3, -0.25) is 9.69 Å². The van der Waals surface area contributed by atoms with E-state index in [0.717, 1.165) is 26.2 Å². The summed E-state index contributed by atoms with van der Waals surface area (Å²) in [5.74, 6) is -0.487. The lowest BCUT2D eigenvalue weighted by atomic mass is 10.1. The molecule has 1 aromatic rings. The Morgan fingerprint density at radius 3 is 2.52 bits per heavy atom. The van der Waals surface area contributed by atoms with Crippen molar-refractivity contribution in [3.8, 4) is 0 Å². The quantitative estimate of drug-likeness (QED) is 0.823. The third-order valence-corrected chi connectivity index (χ3v) is 4.33. The minimum Gasteiger partial charge on any atom is -0.336 e. The van der Waals surface area contributed by atoms with E-state index < -0.39 is 5.82 Å². The molecule has 1 aromatic carbocycles. The molecule has 0 bridgehead atoms. The Hall–Kier alpha value is -0.980. The normalized spacial score (nSPS) is 16.5. The molecule has 0 spiro atoms. The first-order valence-corrected chi connectivity index (χ1v) is 7.88. The van der Waals surface area contributed by atoms with E-state index in [2.05, 4.69) is 39.8 Å². The Kier molecular flexibility index (Phi) is 5.72. The topological polar surface area (TPSA) is 26.8 Å². The molecule has 1 amide bonds. The maximum Gasteiger partial charge on any atom is 0.254 e. The molecule has 0 unspecified atom stereocenters. The predicted molar refractivity (Wildman–Crippen MR) is 85.0 cm³/mol. The highest BCUT2D eigenvalue weighted by atomic mass is 79.9. The lowest BCUT2D eigenvalue weighted by molar-refractivity contribution is 0.0629. The average molecular weight is 358 g/mol. The number of nitrogens with zero attached hydrogens (tertiary/aromatic N) is 3. The van der Waals surface area contributed by atoms with Gasteiger partial charge in [-0.1, -0.05) is 0 Å². The summed E-state index contributed by atoms with van der Waals surface area (Å²) in [5, 5.41) is 0. The molecule has 2 rings (SSSR count). The molecule has 1 heterocycles. The van der Waals surface area contributed by atoms with Crippen LogP contribution >= 0.6 is 15.9 Å². The molecule has 116 valence electrons. The van der Waals surface area contributed by atoms with Crippen molar-refractivity contribution in [3.05, 3.63) is 34.1 Å². The van der Waals surface area contributed by atoms with Crippen molar-refractivity contribution in [1.82, 2.24) is 14.7 Å². The molecule has 21 heavy (non-hydrogen) atoms. The number of hydrogen-bond acceptors (Lipinski definition) is 3. The smallest absolute Gasteiger partial charge is 0.254 e. The monoisotopic (exact) mass is 357 g/mol. The second kappa shape index (κ2) is 7.33. The van der Waals surface area contributed by atoms with Crippen LogP contribution in [-0.4, -0.2) is 74.0 Å². The van der Waals surface area contributed by atoms with Crippen LogP contribution in [0.1, 0.15) is 10.4 Å². The van der Waals surface area contributed by atoms with Gasteiger partial charge in [0.15, 0.2) is 0 Å². The molecule has 1 fully saturated rings. The summed E-state index contributed by atoms with van der Waals surface area (Å²) < 4.78 is 13.9. The van der Waals surface area contributed by atoms with Gasteiger partial charge in [-0.15, -0.1) is 0 Å². The molecule has 0 aliphatic carbocycles. The highest BCUT2D eigenvalue weighted by Crippen LogP contribution is 2.18. The lowest BCUT2D eigenvalue weighted by Gasteiger charge is -2.35. The van der Waals surface area contributed by atoms with Gasteiger partial charge in [-0.2, -0.15) is 0 Å². The van der Waals surface area contributed by atoms with Crippen LogP contribution in [0.3, 0.4) is 0 Å². The third-order valence-electron chi connectivity index (χ3n) is 3.69. The van der Waals surface area contributed by atoms with Crippen LogP contribution in [0.2, 0.25) is 0 Å². The first kappa shape index (κ1) is 16.4. The Balaban J connectivity index is 1.89. The first-order valence-electron chi connectivity index (χ1n) is 7.09. The number of benzene rings is 1. The second-order valence-corrected chi connectivity index (χ2v) is 6.42. The van der Waals surface area contributed by atoms with Crippen LogP contribution in [0, 0.1) is 5.82 Å². The summed E-state index contributed by atoms with van der Waals surface area (Å²) in [6.07, 6.45) is 0. The summed E-state index contributed by atoms with van der Waals surface area (Å²) in [6, 6.07) is 4.54. The van der Waals surface area contributed by atoms with Crippen LogP contribution < -0.4 is 0 Å².